The van der Waals surface area contributed by atoms with E-state index in [0.29, 0.717) is 19.1 Å². The molecule has 0 unspecified atom stereocenters. The van der Waals surface area contributed by atoms with E-state index in [0.717, 1.165) is 0 Å². The zero-order valence-corrected chi connectivity index (χ0v) is 8.19. The summed E-state index contributed by atoms with van der Waals surface area (Å²) in [6.07, 6.45) is 1.46. The lowest BCUT2D eigenvalue weighted by molar-refractivity contribution is 0.0510. The van der Waals surface area contributed by atoms with Gasteiger partial charge in [0.1, 0.15) is 0 Å². The topological polar surface area (TPSA) is 61.3 Å². The first-order valence-corrected chi connectivity index (χ1v) is 4.40. The maximum Gasteiger partial charge on any atom is 0.376 e. The van der Waals surface area contributed by atoms with Gasteiger partial charge in [0.2, 0.25) is 11.7 Å². The Kier molecular flexibility index (Phi) is 3.84. The standard InChI is InChI=1S/C9H12N2O3/c1-3-13-7-5-6-10-8(11-7)9(12)14-4-2/h5-6H,3-4H2,1-2H3. The average Bonchev–Trinajstić information content (AvgIpc) is 2.19. The smallest absolute Gasteiger partial charge is 0.376 e. The normalized spacial score (nSPS) is 9.57. The number of rotatable bonds is 4. The first kappa shape index (κ1) is 10.4. The second kappa shape index (κ2) is 5.16. The number of esters is 1. The lowest BCUT2D eigenvalue weighted by atomic mass is 10.5. The van der Waals surface area contributed by atoms with Gasteiger partial charge < -0.3 is 9.47 Å². The van der Waals surface area contributed by atoms with E-state index < -0.39 is 5.97 Å². The van der Waals surface area contributed by atoms with E-state index in [1.165, 1.54) is 6.20 Å². The third kappa shape index (κ3) is 2.69. The van der Waals surface area contributed by atoms with Crippen LogP contribution in [0.4, 0.5) is 0 Å². The summed E-state index contributed by atoms with van der Waals surface area (Å²) in [6.45, 7) is 4.37. The molecule has 0 N–H and O–H groups in total. The molecule has 0 aliphatic carbocycles. The quantitative estimate of drug-likeness (QED) is 0.673. The van der Waals surface area contributed by atoms with Crippen LogP contribution >= 0.6 is 0 Å². The van der Waals surface area contributed by atoms with Gasteiger partial charge in [0.15, 0.2) is 0 Å². The number of ether oxygens (including phenoxy) is 2. The van der Waals surface area contributed by atoms with Gasteiger partial charge in [-0.1, -0.05) is 0 Å². The summed E-state index contributed by atoms with van der Waals surface area (Å²) >= 11 is 0. The maximum absolute atomic E-state index is 11.2. The zero-order chi connectivity index (χ0) is 10.4. The first-order chi connectivity index (χ1) is 6.77. The fourth-order valence-corrected chi connectivity index (χ4v) is 0.864. The predicted octanol–water partition coefficient (Wildman–Crippen LogP) is 1.05. The van der Waals surface area contributed by atoms with Gasteiger partial charge in [-0.2, -0.15) is 4.98 Å². The van der Waals surface area contributed by atoms with Crippen LogP contribution in [0.25, 0.3) is 0 Å². The molecule has 76 valence electrons. The van der Waals surface area contributed by atoms with Crippen molar-refractivity contribution in [2.24, 2.45) is 0 Å². The van der Waals surface area contributed by atoms with E-state index in [4.69, 9.17) is 9.47 Å². The van der Waals surface area contributed by atoms with Crippen molar-refractivity contribution in [2.75, 3.05) is 13.2 Å². The summed E-state index contributed by atoms with van der Waals surface area (Å²) in [5.41, 5.74) is 0. The van der Waals surface area contributed by atoms with Crippen LogP contribution in [0, 0.1) is 0 Å². The van der Waals surface area contributed by atoms with Crippen molar-refractivity contribution < 1.29 is 14.3 Å². The SMILES string of the molecule is CCOC(=O)c1nccc(OCC)n1. The molecule has 0 saturated carbocycles. The average molecular weight is 196 g/mol. The molecule has 0 saturated heterocycles. The van der Waals surface area contributed by atoms with E-state index in [1.807, 2.05) is 6.92 Å². The van der Waals surface area contributed by atoms with Crippen LogP contribution in [0.1, 0.15) is 24.5 Å². The molecule has 0 aliphatic heterocycles. The van der Waals surface area contributed by atoms with Crippen molar-refractivity contribution in [2.45, 2.75) is 13.8 Å². The second-order valence-electron chi connectivity index (χ2n) is 2.37. The fraction of sp³-hybridized carbons (Fsp3) is 0.444. The van der Waals surface area contributed by atoms with Gasteiger partial charge in [0.25, 0.3) is 0 Å². The van der Waals surface area contributed by atoms with Crippen LogP contribution in [0.15, 0.2) is 12.3 Å². The molecule has 1 aromatic heterocycles. The van der Waals surface area contributed by atoms with Gasteiger partial charge in [-0.15, -0.1) is 0 Å². The van der Waals surface area contributed by atoms with Crippen molar-refractivity contribution in [3.05, 3.63) is 18.1 Å². The summed E-state index contributed by atoms with van der Waals surface area (Å²) < 4.78 is 9.86. The van der Waals surface area contributed by atoms with Crippen molar-refractivity contribution in [1.82, 2.24) is 9.97 Å². The molecule has 0 fully saturated rings. The van der Waals surface area contributed by atoms with E-state index >= 15 is 0 Å². The summed E-state index contributed by atoms with van der Waals surface area (Å²) in [4.78, 5) is 18.8. The number of carbonyl (C=O) groups excluding carboxylic acids is 1. The van der Waals surface area contributed by atoms with E-state index in [-0.39, 0.29) is 5.82 Å². The lowest BCUT2D eigenvalue weighted by Gasteiger charge is -2.03. The Morgan fingerprint density at radius 3 is 2.86 bits per heavy atom. The van der Waals surface area contributed by atoms with E-state index in [2.05, 4.69) is 9.97 Å². The zero-order valence-electron chi connectivity index (χ0n) is 8.19. The first-order valence-electron chi connectivity index (χ1n) is 4.40. The van der Waals surface area contributed by atoms with E-state index in [9.17, 15) is 4.79 Å². The van der Waals surface area contributed by atoms with E-state index in [1.54, 1.807) is 13.0 Å². The number of aromatic nitrogens is 2. The van der Waals surface area contributed by atoms with Crippen LogP contribution in [0.5, 0.6) is 5.88 Å². The van der Waals surface area contributed by atoms with Gasteiger partial charge in [0, 0.05) is 12.3 Å². The van der Waals surface area contributed by atoms with Crippen LogP contribution in [-0.2, 0) is 4.74 Å². The predicted molar refractivity (Wildman–Crippen MR) is 49.2 cm³/mol. The highest BCUT2D eigenvalue weighted by atomic mass is 16.5. The molecule has 0 aromatic carbocycles. The van der Waals surface area contributed by atoms with Gasteiger partial charge >= 0.3 is 5.97 Å². The minimum Gasteiger partial charge on any atom is -0.478 e. The number of hydrogen-bond acceptors (Lipinski definition) is 5. The Balaban J connectivity index is 2.77. The molecule has 0 bridgehead atoms. The minimum atomic E-state index is -0.533. The molecular weight excluding hydrogens is 184 g/mol. The molecule has 0 atom stereocenters. The molecular formula is C9H12N2O3. The molecule has 1 rings (SSSR count). The van der Waals surface area contributed by atoms with Gasteiger partial charge in [0.05, 0.1) is 13.2 Å². The van der Waals surface area contributed by atoms with Crippen molar-refractivity contribution in [1.29, 1.82) is 0 Å². The molecule has 5 nitrogen and oxygen atoms in total. The Hall–Kier alpha value is -1.65. The molecule has 0 aliphatic rings. The largest absolute Gasteiger partial charge is 0.478 e. The van der Waals surface area contributed by atoms with Crippen LogP contribution in [0.2, 0.25) is 0 Å². The molecule has 1 aromatic rings. The molecule has 0 radical (unpaired) electrons. The van der Waals surface area contributed by atoms with Crippen molar-refractivity contribution in [3.63, 3.8) is 0 Å². The van der Waals surface area contributed by atoms with Crippen LogP contribution < -0.4 is 4.74 Å². The van der Waals surface area contributed by atoms with Gasteiger partial charge in [-0.05, 0) is 13.8 Å². The van der Waals surface area contributed by atoms with Crippen molar-refractivity contribution >= 4 is 5.97 Å². The Labute approximate surface area is 82.1 Å². The summed E-state index contributed by atoms with van der Waals surface area (Å²) in [6, 6.07) is 1.59. The monoisotopic (exact) mass is 196 g/mol. The van der Waals surface area contributed by atoms with Crippen molar-refractivity contribution in [3.8, 4) is 5.88 Å². The fourth-order valence-electron chi connectivity index (χ4n) is 0.864. The van der Waals surface area contributed by atoms with Crippen LogP contribution in [0.3, 0.4) is 0 Å². The summed E-state index contributed by atoms with van der Waals surface area (Å²) in [5, 5.41) is 0. The molecule has 0 spiro atoms. The molecule has 1 heterocycles. The summed E-state index contributed by atoms with van der Waals surface area (Å²) in [5.74, 6) is -0.127. The lowest BCUT2D eigenvalue weighted by Crippen LogP contribution is -2.10. The maximum atomic E-state index is 11.2. The number of hydrogen-bond donors (Lipinski definition) is 0. The summed E-state index contributed by atoms with van der Waals surface area (Å²) in [7, 11) is 0. The number of nitrogens with zero attached hydrogens (tertiary/aromatic N) is 2. The minimum absolute atomic E-state index is 0.0257. The molecule has 5 heteroatoms. The highest BCUT2D eigenvalue weighted by molar-refractivity contribution is 5.85. The highest BCUT2D eigenvalue weighted by Crippen LogP contribution is 2.05. The Bertz CT molecular complexity index is 315. The second-order valence-corrected chi connectivity index (χ2v) is 2.37. The third-order valence-electron chi connectivity index (χ3n) is 1.38. The third-order valence-corrected chi connectivity index (χ3v) is 1.38. The van der Waals surface area contributed by atoms with Gasteiger partial charge in [-0.3, -0.25) is 0 Å². The van der Waals surface area contributed by atoms with Crippen LogP contribution in [-0.4, -0.2) is 29.2 Å². The molecule has 14 heavy (non-hydrogen) atoms. The Morgan fingerprint density at radius 2 is 2.21 bits per heavy atom. The highest BCUT2D eigenvalue weighted by Gasteiger charge is 2.10. The Morgan fingerprint density at radius 1 is 1.43 bits per heavy atom. The number of carbonyl (C=O) groups is 1. The molecule has 0 amide bonds. The van der Waals surface area contributed by atoms with Gasteiger partial charge in [-0.25, -0.2) is 9.78 Å².